The largest absolute Gasteiger partial charge is 0.326 e. The second kappa shape index (κ2) is 8.70. The van der Waals surface area contributed by atoms with E-state index in [2.05, 4.69) is 31.4 Å². The Morgan fingerprint density at radius 3 is 2.30 bits per heavy atom. The normalized spacial score (nSPS) is 11.4. The first-order valence-corrected chi connectivity index (χ1v) is 8.46. The Kier molecular flexibility index (Phi) is 7.27. The maximum absolute atomic E-state index is 12.3. The van der Waals surface area contributed by atoms with Crippen LogP contribution in [0.3, 0.4) is 0 Å². The molecule has 4 nitrogen and oxygen atoms in total. The van der Waals surface area contributed by atoms with Crippen LogP contribution in [0.25, 0.3) is 0 Å². The van der Waals surface area contributed by atoms with Gasteiger partial charge in [-0.05, 0) is 37.0 Å². The van der Waals surface area contributed by atoms with Gasteiger partial charge in [0.15, 0.2) is 0 Å². The molecule has 0 aliphatic carbocycles. The molecule has 2 N–H and O–H groups in total. The first kappa shape index (κ1) is 19.2. The molecule has 128 valence electrons. The number of rotatable bonds is 8. The fraction of sp³-hybridized carbons (Fsp3) is 0.579. The number of hydrogen-bond donors (Lipinski definition) is 2. The summed E-state index contributed by atoms with van der Waals surface area (Å²) in [6.07, 6.45) is 3.18. The number of anilines is 2. The minimum Gasteiger partial charge on any atom is -0.326 e. The average molecular weight is 318 g/mol. The summed E-state index contributed by atoms with van der Waals surface area (Å²) in [5.41, 5.74) is 1.02. The molecule has 0 heterocycles. The Morgan fingerprint density at radius 1 is 1.13 bits per heavy atom. The monoisotopic (exact) mass is 318 g/mol. The molecule has 0 bridgehead atoms. The molecular weight excluding hydrogens is 288 g/mol. The fourth-order valence-electron chi connectivity index (χ4n) is 2.36. The van der Waals surface area contributed by atoms with Crippen molar-refractivity contribution >= 4 is 23.2 Å². The second-order valence-electron chi connectivity index (χ2n) is 7.15. The Balaban J connectivity index is 2.66. The van der Waals surface area contributed by atoms with Crippen LogP contribution in [0.4, 0.5) is 11.4 Å². The molecule has 0 unspecified atom stereocenters. The van der Waals surface area contributed by atoms with Crippen LogP contribution >= 0.6 is 0 Å². The van der Waals surface area contributed by atoms with E-state index in [1.54, 1.807) is 6.07 Å². The van der Waals surface area contributed by atoms with Gasteiger partial charge in [-0.3, -0.25) is 9.59 Å². The average Bonchev–Trinajstić information content (AvgIpc) is 2.45. The van der Waals surface area contributed by atoms with Crippen LogP contribution in [-0.4, -0.2) is 11.8 Å². The molecule has 0 saturated carbocycles. The van der Waals surface area contributed by atoms with Gasteiger partial charge in [0, 0.05) is 23.2 Å². The molecule has 0 aromatic heterocycles. The second-order valence-corrected chi connectivity index (χ2v) is 7.15. The van der Waals surface area contributed by atoms with Crippen molar-refractivity contribution in [3.8, 4) is 0 Å². The predicted molar refractivity (Wildman–Crippen MR) is 96.5 cm³/mol. The smallest absolute Gasteiger partial charge is 0.230 e. The predicted octanol–water partition coefficient (Wildman–Crippen LogP) is 4.83. The fourth-order valence-corrected chi connectivity index (χ4v) is 2.36. The third-order valence-electron chi connectivity index (χ3n) is 3.84. The van der Waals surface area contributed by atoms with Gasteiger partial charge in [-0.15, -0.1) is 0 Å². The van der Waals surface area contributed by atoms with Gasteiger partial charge in [-0.1, -0.05) is 47.1 Å². The van der Waals surface area contributed by atoms with Gasteiger partial charge < -0.3 is 10.6 Å². The van der Waals surface area contributed by atoms with Gasteiger partial charge in [0.2, 0.25) is 11.8 Å². The molecule has 0 fully saturated rings. The Bertz CT molecular complexity index is 536. The van der Waals surface area contributed by atoms with Crippen molar-refractivity contribution in [1.29, 1.82) is 0 Å². The van der Waals surface area contributed by atoms with E-state index in [1.165, 1.54) is 0 Å². The summed E-state index contributed by atoms with van der Waals surface area (Å²) in [4.78, 5) is 24.2. The van der Waals surface area contributed by atoms with E-state index in [0.717, 1.165) is 19.3 Å². The van der Waals surface area contributed by atoms with Gasteiger partial charge in [-0.25, -0.2) is 0 Å². The van der Waals surface area contributed by atoms with Crippen LogP contribution in [0.15, 0.2) is 24.3 Å². The summed E-state index contributed by atoms with van der Waals surface area (Å²) >= 11 is 0. The zero-order valence-corrected chi connectivity index (χ0v) is 15.0. The molecule has 1 rings (SSSR count). The molecule has 23 heavy (non-hydrogen) atoms. The van der Waals surface area contributed by atoms with Gasteiger partial charge in [0.25, 0.3) is 0 Å². The van der Waals surface area contributed by atoms with Crippen molar-refractivity contribution in [1.82, 2.24) is 0 Å². The zero-order chi connectivity index (χ0) is 17.5. The molecule has 0 atom stereocenters. The lowest BCUT2D eigenvalue weighted by Gasteiger charge is -2.23. The quantitative estimate of drug-likeness (QED) is 0.721. The van der Waals surface area contributed by atoms with Gasteiger partial charge in [0.1, 0.15) is 0 Å². The molecule has 1 aromatic rings. The summed E-state index contributed by atoms with van der Waals surface area (Å²) in [7, 11) is 0. The standard InChI is InChI=1S/C19H30N2O2/c1-6-12-19(4,5)18(23)21-16-9-7-8-15(13-16)20-17(22)11-10-14(2)3/h7-9,13-14H,6,10-12H2,1-5H3,(H,20,22)(H,21,23). The Labute approximate surface area is 140 Å². The van der Waals surface area contributed by atoms with Crippen LogP contribution in [0.1, 0.15) is 60.3 Å². The summed E-state index contributed by atoms with van der Waals surface area (Å²) in [6.45, 7) is 10.2. The van der Waals surface area contributed by atoms with E-state index in [9.17, 15) is 9.59 Å². The SMILES string of the molecule is CCCC(C)(C)C(=O)Nc1cccc(NC(=O)CCC(C)C)c1. The topological polar surface area (TPSA) is 58.2 Å². The first-order chi connectivity index (χ1) is 10.7. The van der Waals surface area contributed by atoms with Crippen LogP contribution in [-0.2, 0) is 9.59 Å². The summed E-state index contributed by atoms with van der Waals surface area (Å²) in [5.74, 6) is 0.517. The molecule has 0 radical (unpaired) electrons. The van der Waals surface area contributed by atoms with Crippen LogP contribution in [0.5, 0.6) is 0 Å². The highest BCUT2D eigenvalue weighted by molar-refractivity contribution is 5.96. The van der Waals surface area contributed by atoms with E-state index in [0.29, 0.717) is 23.7 Å². The number of amides is 2. The van der Waals surface area contributed by atoms with E-state index in [1.807, 2.05) is 32.0 Å². The third-order valence-corrected chi connectivity index (χ3v) is 3.84. The molecule has 0 aliphatic rings. The lowest BCUT2D eigenvalue weighted by molar-refractivity contribution is -0.124. The molecule has 0 aliphatic heterocycles. The van der Waals surface area contributed by atoms with E-state index in [4.69, 9.17) is 0 Å². The van der Waals surface area contributed by atoms with Gasteiger partial charge in [0.05, 0.1) is 0 Å². The minimum absolute atomic E-state index is 0.00244. The minimum atomic E-state index is -0.398. The number of nitrogens with one attached hydrogen (secondary N) is 2. The van der Waals surface area contributed by atoms with E-state index >= 15 is 0 Å². The summed E-state index contributed by atoms with van der Waals surface area (Å²) < 4.78 is 0. The number of carbonyl (C=O) groups is 2. The maximum atomic E-state index is 12.3. The van der Waals surface area contributed by atoms with Crippen molar-refractivity contribution in [2.24, 2.45) is 11.3 Å². The summed E-state index contributed by atoms with van der Waals surface area (Å²) in [6, 6.07) is 7.30. The highest BCUT2D eigenvalue weighted by Crippen LogP contribution is 2.25. The van der Waals surface area contributed by atoms with Crippen LogP contribution < -0.4 is 10.6 Å². The Hall–Kier alpha value is -1.84. The molecular formula is C19H30N2O2. The lowest BCUT2D eigenvalue weighted by atomic mass is 9.87. The first-order valence-electron chi connectivity index (χ1n) is 8.46. The molecule has 4 heteroatoms. The summed E-state index contributed by atoms with van der Waals surface area (Å²) in [5, 5.41) is 5.83. The zero-order valence-electron chi connectivity index (χ0n) is 15.0. The molecule has 0 spiro atoms. The Morgan fingerprint density at radius 2 is 1.74 bits per heavy atom. The maximum Gasteiger partial charge on any atom is 0.230 e. The number of benzene rings is 1. The van der Waals surface area contributed by atoms with Crippen LogP contribution in [0.2, 0.25) is 0 Å². The third kappa shape index (κ3) is 6.85. The van der Waals surface area contributed by atoms with Crippen molar-refractivity contribution in [3.05, 3.63) is 24.3 Å². The number of hydrogen-bond acceptors (Lipinski definition) is 2. The van der Waals surface area contributed by atoms with E-state index in [-0.39, 0.29) is 11.8 Å². The molecule has 2 amide bonds. The van der Waals surface area contributed by atoms with Crippen molar-refractivity contribution < 1.29 is 9.59 Å². The molecule has 1 aromatic carbocycles. The van der Waals surface area contributed by atoms with Crippen molar-refractivity contribution in [2.75, 3.05) is 10.6 Å². The van der Waals surface area contributed by atoms with Gasteiger partial charge in [-0.2, -0.15) is 0 Å². The van der Waals surface area contributed by atoms with Gasteiger partial charge >= 0.3 is 0 Å². The highest BCUT2D eigenvalue weighted by Gasteiger charge is 2.26. The number of carbonyl (C=O) groups excluding carboxylic acids is 2. The lowest BCUT2D eigenvalue weighted by Crippen LogP contribution is -2.30. The van der Waals surface area contributed by atoms with Crippen molar-refractivity contribution in [3.63, 3.8) is 0 Å². The highest BCUT2D eigenvalue weighted by atomic mass is 16.2. The molecule has 0 saturated heterocycles. The van der Waals surface area contributed by atoms with E-state index < -0.39 is 5.41 Å². The van der Waals surface area contributed by atoms with Crippen molar-refractivity contribution in [2.45, 2.75) is 60.3 Å². The van der Waals surface area contributed by atoms with Crippen LogP contribution in [0, 0.1) is 11.3 Å².